The van der Waals surface area contributed by atoms with Crippen LogP contribution in [0.2, 0.25) is 0 Å². The first-order valence-corrected chi connectivity index (χ1v) is 13.4. The second-order valence-corrected chi connectivity index (χ2v) is 9.55. The average molecular weight is 552 g/mol. The molecule has 212 valence electrons. The molecule has 40 heavy (non-hydrogen) atoms. The summed E-state index contributed by atoms with van der Waals surface area (Å²) in [7, 11) is 0. The predicted octanol–water partition coefficient (Wildman–Crippen LogP) is 3.80. The molecule has 0 radical (unpaired) electrons. The molecule has 1 saturated heterocycles. The molecule has 0 atom stereocenters. The maximum atomic E-state index is 14.1. The van der Waals surface area contributed by atoms with Gasteiger partial charge in [-0.15, -0.1) is 0 Å². The molecule has 11 heteroatoms. The molecule has 0 bridgehead atoms. The van der Waals surface area contributed by atoms with Crippen molar-refractivity contribution in [1.82, 2.24) is 14.8 Å². The molecule has 1 aliphatic heterocycles. The third-order valence-electron chi connectivity index (χ3n) is 7.06. The summed E-state index contributed by atoms with van der Waals surface area (Å²) in [4.78, 5) is 35.1. The van der Waals surface area contributed by atoms with E-state index in [0.717, 1.165) is 43.6 Å². The number of rotatable bonds is 11. The molecule has 1 aliphatic rings. The summed E-state index contributed by atoms with van der Waals surface area (Å²) in [5, 5.41) is 6.16. The minimum atomic E-state index is -0.948. The molecule has 4 rings (SSSR count). The summed E-state index contributed by atoms with van der Waals surface area (Å²) in [5.41, 5.74) is 7.91. The highest BCUT2D eigenvalue weighted by Gasteiger charge is 2.22. The van der Waals surface area contributed by atoms with Gasteiger partial charge in [0.05, 0.1) is 17.8 Å². The van der Waals surface area contributed by atoms with Crippen LogP contribution in [-0.4, -0.2) is 72.4 Å². The van der Waals surface area contributed by atoms with Crippen LogP contribution in [0, 0.1) is 11.6 Å². The molecule has 0 saturated carbocycles. The Morgan fingerprint density at radius 3 is 2.38 bits per heavy atom. The maximum absolute atomic E-state index is 14.1. The lowest BCUT2D eigenvalue weighted by Gasteiger charge is -2.37. The molecule has 2 heterocycles. The summed E-state index contributed by atoms with van der Waals surface area (Å²) < 4.78 is 27.6. The molecular weight excluding hydrogens is 516 g/mol. The van der Waals surface area contributed by atoms with Crippen molar-refractivity contribution in [1.29, 1.82) is 0 Å². The van der Waals surface area contributed by atoms with Crippen LogP contribution in [0.3, 0.4) is 0 Å². The van der Waals surface area contributed by atoms with Gasteiger partial charge in [-0.3, -0.25) is 14.5 Å². The fourth-order valence-corrected chi connectivity index (χ4v) is 4.60. The van der Waals surface area contributed by atoms with Crippen molar-refractivity contribution in [3.05, 3.63) is 77.5 Å². The van der Waals surface area contributed by atoms with Crippen LogP contribution in [0.4, 0.5) is 31.7 Å². The zero-order chi connectivity index (χ0) is 28.6. The average Bonchev–Trinajstić information content (AvgIpc) is 2.97. The number of halogens is 2. The van der Waals surface area contributed by atoms with Crippen LogP contribution in [0.25, 0.3) is 0 Å². The number of hydrogen-bond donors (Lipinski definition) is 3. The van der Waals surface area contributed by atoms with Crippen molar-refractivity contribution in [2.45, 2.75) is 20.4 Å². The summed E-state index contributed by atoms with van der Waals surface area (Å²) in [6.45, 7) is 9.15. The quantitative estimate of drug-likeness (QED) is 0.333. The number of nitrogens with one attached hydrogen (secondary N) is 2. The van der Waals surface area contributed by atoms with E-state index < -0.39 is 17.5 Å². The number of nitrogens with two attached hydrogens (primary N) is 1. The SMILES string of the molecule is CCN(CC)CC(=O)N1CCN(c2ccc(Nc3cc(NCc4cccc(F)c4F)c(C(N)=O)cn3)cc2)CC1. The van der Waals surface area contributed by atoms with E-state index in [0.29, 0.717) is 31.1 Å². The van der Waals surface area contributed by atoms with Crippen LogP contribution in [0.5, 0.6) is 0 Å². The third-order valence-corrected chi connectivity index (χ3v) is 7.06. The lowest BCUT2D eigenvalue weighted by atomic mass is 10.1. The van der Waals surface area contributed by atoms with E-state index in [2.05, 4.69) is 39.3 Å². The Balaban J connectivity index is 1.37. The van der Waals surface area contributed by atoms with E-state index in [4.69, 9.17) is 5.73 Å². The number of pyridine rings is 1. The van der Waals surface area contributed by atoms with Crippen LogP contribution in [-0.2, 0) is 11.3 Å². The van der Waals surface area contributed by atoms with Crippen LogP contribution >= 0.6 is 0 Å². The Morgan fingerprint density at radius 2 is 1.73 bits per heavy atom. The Bertz CT molecular complexity index is 1320. The molecule has 0 spiro atoms. The Labute approximate surface area is 233 Å². The van der Waals surface area contributed by atoms with Crippen molar-refractivity contribution in [3.8, 4) is 0 Å². The molecule has 4 N–H and O–H groups in total. The first kappa shape index (κ1) is 28.8. The normalized spacial score (nSPS) is 13.4. The number of hydrogen-bond acceptors (Lipinski definition) is 7. The second kappa shape index (κ2) is 13.2. The summed E-state index contributed by atoms with van der Waals surface area (Å²) in [6.07, 6.45) is 1.34. The number of carbonyl (C=O) groups excluding carboxylic acids is 2. The van der Waals surface area contributed by atoms with E-state index in [-0.39, 0.29) is 23.6 Å². The number of primary amides is 1. The molecule has 3 aromatic rings. The molecule has 0 aliphatic carbocycles. The fraction of sp³-hybridized carbons (Fsp3) is 0.345. The fourth-order valence-electron chi connectivity index (χ4n) is 4.60. The summed E-state index contributed by atoms with van der Waals surface area (Å²) in [5.74, 6) is -1.97. The third kappa shape index (κ3) is 7.03. The number of benzene rings is 2. The minimum Gasteiger partial charge on any atom is -0.380 e. The van der Waals surface area contributed by atoms with Crippen LogP contribution < -0.4 is 21.3 Å². The summed E-state index contributed by atoms with van der Waals surface area (Å²) >= 11 is 0. The first-order valence-electron chi connectivity index (χ1n) is 13.4. The monoisotopic (exact) mass is 551 g/mol. The standard InChI is InChI=1S/C29H35F2N7O2/c1-3-36(4-2)19-27(39)38-14-12-37(13-15-38)22-10-8-21(9-11-22)35-26-16-25(23(18-34-26)29(32)40)33-17-20-6-5-7-24(30)28(20)31/h5-11,16,18H,3-4,12-15,17,19H2,1-2H3,(H2,32,40)(H2,33,34,35). The van der Waals surface area contributed by atoms with E-state index in [1.54, 1.807) is 6.07 Å². The second-order valence-electron chi connectivity index (χ2n) is 9.55. The van der Waals surface area contributed by atoms with Gasteiger partial charge < -0.3 is 26.2 Å². The van der Waals surface area contributed by atoms with Gasteiger partial charge in [-0.2, -0.15) is 0 Å². The molecule has 2 aromatic carbocycles. The molecule has 9 nitrogen and oxygen atoms in total. The first-order chi connectivity index (χ1) is 19.3. The highest BCUT2D eigenvalue weighted by atomic mass is 19.2. The smallest absolute Gasteiger partial charge is 0.252 e. The molecular formula is C29H35F2N7O2. The van der Waals surface area contributed by atoms with Gasteiger partial charge >= 0.3 is 0 Å². The van der Waals surface area contributed by atoms with Gasteiger partial charge in [-0.1, -0.05) is 26.0 Å². The van der Waals surface area contributed by atoms with Crippen molar-refractivity contribution in [2.24, 2.45) is 5.73 Å². The Morgan fingerprint density at radius 1 is 1.02 bits per heavy atom. The highest BCUT2D eigenvalue weighted by molar-refractivity contribution is 5.98. The van der Waals surface area contributed by atoms with Gasteiger partial charge in [0.2, 0.25) is 5.91 Å². The largest absolute Gasteiger partial charge is 0.380 e. The predicted molar refractivity (Wildman–Crippen MR) is 153 cm³/mol. The van der Waals surface area contributed by atoms with E-state index in [9.17, 15) is 18.4 Å². The Hall–Kier alpha value is -4.25. The van der Waals surface area contributed by atoms with Crippen molar-refractivity contribution in [3.63, 3.8) is 0 Å². The zero-order valence-corrected chi connectivity index (χ0v) is 22.8. The van der Waals surface area contributed by atoms with Crippen LogP contribution in [0.15, 0.2) is 54.7 Å². The number of anilines is 4. The van der Waals surface area contributed by atoms with Gasteiger partial charge in [0.1, 0.15) is 5.82 Å². The Kier molecular flexibility index (Phi) is 9.49. The number of nitrogens with zero attached hydrogens (tertiary/aromatic N) is 4. The molecule has 2 amide bonds. The minimum absolute atomic E-state index is 0.0453. The number of likely N-dealkylation sites (N-methyl/N-ethyl adjacent to an activating group) is 1. The molecule has 1 fully saturated rings. The van der Waals surface area contributed by atoms with Gasteiger partial charge in [-0.25, -0.2) is 13.8 Å². The summed E-state index contributed by atoms with van der Waals surface area (Å²) in [6, 6.07) is 13.4. The van der Waals surface area contributed by atoms with Gasteiger partial charge in [-0.05, 0) is 43.4 Å². The topological polar surface area (TPSA) is 107 Å². The van der Waals surface area contributed by atoms with Crippen molar-refractivity contribution < 1.29 is 18.4 Å². The number of carbonyl (C=O) groups is 2. The van der Waals surface area contributed by atoms with Crippen molar-refractivity contribution in [2.75, 3.05) is 61.3 Å². The lowest BCUT2D eigenvalue weighted by molar-refractivity contribution is -0.132. The van der Waals surface area contributed by atoms with E-state index in [1.165, 1.54) is 18.3 Å². The van der Waals surface area contributed by atoms with E-state index >= 15 is 0 Å². The van der Waals surface area contributed by atoms with Crippen molar-refractivity contribution >= 4 is 34.7 Å². The number of piperazine rings is 1. The number of aromatic nitrogens is 1. The van der Waals surface area contributed by atoms with Crippen LogP contribution in [0.1, 0.15) is 29.8 Å². The number of amides is 2. The molecule has 0 unspecified atom stereocenters. The van der Waals surface area contributed by atoms with Gasteiger partial charge in [0.25, 0.3) is 5.91 Å². The maximum Gasteiger partial charge on any atom is 0.252 e. The highest BCUT2D eigenvalue weighted by Crippen LogP contribution is 2.25. The zero-order valence-electron chi connectivity index (χ0n) is 22.8. The van der Waals surface area contributed by atoms with E-state index in [1.807, 2.05) is 29.2 Å². The molecule has 1 aromatic heterocycles. The van der Waals surface area contributed by atoms with Gasteiger partial charge in [0, 0.05) is 61.9 Å². The van der Waals surface area contributed by atoms with Gasteiger partial charge in [0.15, 0.2) is 11.6 Å². The lowest BCUT2D eigenvalue weighted by Crippen LogP contribution is -2.51.